The van der Waals surface area contributed by atoms with Crippen LogP contribution in [0.3, 0.4) is 0 Å². The Morgan fingerprint density at radius 3 is 2.52 bits per heavy atom. The highest BCUT2D eigenvalue weighted by molar-refractivity contribution is 5.97. The molecule has 126 valence electrons. The number of nitrogens with one attached hydrogen (secondary N) is 2. The quantitative estimate of drug-likeness (QED) is 0.892. The van der Waals surface area contributed by atoms with Crippen LogP contribution in [-0.2, 0) is 9.53 Å². The Morgan fingerprint density at radius 2 is 1.96 bits per heavy atom. The summed E-state index contributed by atoms with van der Waals surface area (Å²) in [5, 5.41) is 5.63. The summed E-state index contributed by atoms with van der Waals surface area (Å²) in [5.74, 6) is -0.187. The molecule has 0 bridgehead atoms. The number of anilines is 1. The van der Waals surface area contributed by atoms with Crippen LogP contribution in [0.5, 0.6) is 0 Å². The number of likely N-dealkylation sites (tertiary alicyclic amines) is 1. The lowest BCUT2D eigenvalue weighted by Gasteiger charge is -2.36. The van der Waals surface area contributed by atoms with Crippen molar-refractivity contribution in [2.24, 2.45) is 0 Å². The first kappa shape index (κ1) is 17.3. The third kappa shape index (κ3) is 3.17. The van der Waals surface area contributed by atoms with E-state index in [0.29, 0.717) is 13.0 Å². The molecule has 1 aliphatic heterocycles. The lowest BCUT2D eigenvalue weighted by molar-refractivity contribution is -0.132. The number of para-hydroxylation sites is 1. The zero-order chi connectivity index (χ0) is 17.0. The molecule has 0 saturated carbocycles. The van der Waals surface area contributed by atoms with Gasteiger partial charge in [-0.3, -0.25) is 4.79 Å². The second kappa shape index (κ2) is 7.00. The van der Waals surface area contributed by atoms with Crippen LogP contribution in [0.4, 0.5) is 10.5 Å². The molecule has 0 aromatic heterocycles. The number of ether oxygens (including phenoxy) is 1. The van der Waals surface area contributed by atoms with Crippen molar-refractivity contribution < 1.29 is 14.3 Å². The van der Waals surface area contributed by atoms with E-state index in [9.17, 15) is 9.59 Å². The van der Waals surface area contributed by atoms with Gasteiger partial charge in [-0.2, -0.15) is 0 Å². The van der Waals surface area contributed by atoms with Crippen molar-refractivity contribution in [3.63, 3.8) is 0 Å². The van der Waals surface area contributed by atoms with Crippen molar-refractivity contribution in [1.29, 1.82) is 0 Å². The van der Waals surface area contributed by atoms with Gasteiger partial charge in [0.25, 0.3) is 0 Å². The summed E-state index contributed by atoms with van der Waals surface area (Å²) < 4.78 is 5.25. The van der Waals surface area contributed by atoms with Gasteiger partial charge in [0.1, 0.15) is 5.54 Å². The molecule has 0 aliphatic carbocycles. The number of carbonyl (C=O) groups is 2. The molecule has 2 N–H and O–H groups in total. The van der Waals surface area contributed by atoms with E-state index in [1.54, 1.807) is 19.1 Å². The molecular formula is C17H25N3O3. The molecule has 1 saturated heterocycles. The number of nitrogens with zero attached hydrogens (tertiary/aromatic N) is 1. The summed E-state index contributed by atoms with van der Waals surface area (Å²) >= 11 is 0. The molecule has 3 amide bonds. The Bertz CT molecular complexity index is 582. The standard InChI is InChI=1S/C17H25N3O3/c1-12-7-5-8-13(2)14(12)19-16(22)20-10-6-9-17(20,11-23-4)15(21)18-3/h5,7-8H,6,9-11H2,1-4H3,(H,18,21)(H,19,22)/t17-/m1/s1. The third-order valence-electron chi connectivity index (χ3n) is 4.48. The average Bonchev–Trinajstić information content (AvgIpc) is 2.95. The fraction of sp³-hybridized carbons (Fsp3) is 0.529. The molecule has 1 aromatic carbocycles. The van der Waals surface area contributed by atoms with Gasteiger partial charge < -0.3 is 20.3 Å². The minimum absolute atomic E-state index is 0.187. The maximum Gasteiger partial charge on any atom is 0.322 e. The van der Waals surface area contributed by atoms with E-state index in [2.05, 4.69) is 10.6 Å². The number of amides is 3. The maximum absolute atomic E-state index is 12.8. The number of rotatable bonds is 4. The first-order valence-corrected chi connectivity index (χ1v) is 7.82. The monoisotopic (exact) mass is 319 g/mol. The predicted octanol–water partition coefficient (Wildman–Crippen LogP) is 2.06. The molecule has 1 heterocycles. The van der Waals surface area contributed by atoms with E-state index < -0.39 is 5.54 Å². The van der Waals surface area contributed by atoms with Crippen molar-refractivity contribution in [2.75, 3.05) is 32.6 Å². The van der Waals surface area contributed by atoms with Crippen LogP contribution in [0.2, 0.25) is 0 Å². The van der Waals surface area contributed by atoms with E-state index in [1.807, 2.05) is 32.0 Å². The van der Waals surface area contributed by atoms with E-state index in [0.717, 1.165) is 23.2 Å². The second-order valence-electron chi connectivity index (χ2n) is 6.00. The number of hydrogen-bond acceptors (Lipinski definition) is 3. The van der Waals surface area contributed by atoms with Crippen LogP contribution >= 0.6 is 0 Å². The van der Waals surface area contributed by atoms with Crippen LogP contribution < -0.4 is 10.6 Å². The third-order valence-corrected chi connectivity index (χ3v) is 4.48. The molecule has 0 unspecified atom stereocenters. The average molecular weight is 319 g/mol. The highest BCUT2D eigenvalue weighted by Gasteiger charge is 2.49. The number of methoxy groups -OCH3 is 1. The van der Waals surface area contributed by atoms with Gasteiger partial charge in [0.05, 0.1) is 6.61 Å². The molecule has 0 radical (unpaired) electrons. The van der Waals surface area contributed by atoms with Crippen molar-refractivity contribution in [3.8, 4) is 0 Å². The van der Waals surface area contributed by atoms with Crippen molar-refractivity contribution in [2.45, 2.75) is 32.2 Å². The maximum atomic E-state index is 12.8. The van der Waals surface area contributed by atoms with Crippen LogP contribution in [-0.4, -0.2) is 49.7 Å². The fourth-order valence-electron chi connectivity index (χ4n) is 3.28. The summed E-state index contributed by atoms with van der Waals surface area (Å²) in [6, 6.07) is 5.60. The summed E-state index contributed by atoms with van der Waals surface area (Å²) in [7, 11) is 3.13. The number of aryl methyl sites for hydroxylation is 2. The summed E-state index contributed by atoms with van der Waals surface area (Å²) in [6.45, 7) is 4.63. The van der Waals surface area contributed by atoms with E-state index in [1.165, 1.54) is 0 Å². The van der Waals surface area contributed by atoms with Crippen LogP contribution in [0.1, 0.15) is 24.0 Å². The summed E-state index contributed by atoms with van der Waals surface area (Å²) in [6.07, 6.45) is 1.37. The summed E-state index contributed by atoms with van der Waals surface area (Å²) in [5.41, 5.74) is 1.85. The predicted molar refractivity (Wildman–Crippen MR) is 89.5 cm³/mol. The first-order chi connectivity index (χ1) is 11.0. The highest BCUT2D eigenvalue weighted by atomic mass is 16.5. The van der Waals surface area contributed by atoms with Crippen molar-refractivity contribution in [1.82, 2.24) is 10.2 Å². The molecule has 1 fully saturated rings. The van der Waals surface area contributed by atoms with Gasteiger partial charge in [0.2, 0.25) is 5.91 Å². The zero-order valence-corrected chi connectivity index (χ0v) is 14.2. The fourth-order valence-corrected chi connectivity index (χ4v) is 3.28. The molecule has 6 heteroatoms. The first-order valence-electron chi connectivity index (χ1n) is 7.82. The Morgan fingerprint density at radius 1 is 1.30 bits per heavy atom. The molecule has 1 atom stereocenters. The Kier molecular flexibility index (Phi) is 5.26. The minimum atomic E-state index is -0.940. The normalized spacial score (nSPS) is 20.4. The number of urea groups is 1. The number of likely N-dealkylation sites (N-methyl/N-ethyl adjacent to an activating group) is 1. The number of benzene rings is 1. The number of carbonyl (C=O) groups excluding carboxylic acids is 2. The number of hydrogen-bond donors (Lipinski definition) is 2. The lowest BCUT2D eigenvalue weighted by Crippen LogP contribution is -2.60. The van der Waals surface area contributed by atoms with E-state index >= 15 is 0 Å². The van der Waals surface area contributed by atoms with E-state index in [4.69, 9.17) is 4.74 Å². The lowest BCUT2D eigenvalue weighted by atomic mass is 9.96. The minimum Gasteiger partial charge on any atom is -0.382 e. The second-order valence-corrected chi connectivity index (χ2v) is 6.00. The van der Waals surface area contributed by atoms with E-state index in [-0.39, 0.29) is 18.5 Å². The molecule has 6 nitrogen and oxygen atoms in total. The van der Waals surface area contributed by atoms with Gasteiger partial charge >= 0.3 is 6.03 Å². The van der Waals surface area contributed by atoms with Crippen molar-refractivity contribution >= 4 is 17.6 Å². The van der Waals surface area contributed by atoms with Gasteiger partial charge in [0.15, 0.2) is 0 Å². The Hall–Kier alpha value is -2.08. The molecule has 23 heavy (non-hydrogen) atoms. The van der Waals surface area contributed by atoms with Gasteiger partial charge in [-0.25, -0.2) is 4.79 Å². The Balaban J connectivity index is 2.28. The van der Waals surface area contributed by atoms with Crippen molar-refractivity contribution in [3.05, 3.63) is 29.3 Å². The SMILES string of the molecule is CNC(=O)[C@]1(COC)CCCN1C(=O)Nc1c(C)cccc1C. The molecule has 1 aliphatic rings. The largest absolute Gasteiger partial charge is 0.382 e. The van der Waals surface area contributed by atoms with Gasteiger partial charge in [-0.05, 0) is 37.8 Å². The molecule has 0 spiro atoms. The highest BCUT2D eigenvalue weighted by Crippen LogP contribution is 2.31. The summed E-state index contributed by atoms with van der Waals surface area (Å²) in [4.78, 5) is 26.8. The topological polar surface area (TPSA) is 70.7 Å². The smallest absolute Gasteiger partial charge is 0.322 e. The zero-order valence-electron chi connectivity index (χ0n) is 14.2. The molecular weight excluding hydrogens is 294 g/mol. The van der Waals surface area contributed by atoms with Crippen LogP contribution in [0.15, 0.2) is 18.2 Å². The molecule has 2 rings (SSSR count). The van der Waals surface area contributed by atoms with Crippen LogP contribution in [0.25, 0.3) is 0 Å². The van der Waals surface area contributed by atoms with Gasteiger partial charge in [-0.15, -0.1) is 0 Å². The van der Waals surface area contributed by atoms with Crippen LogP contribution in [0, 0.1) is 13.8 Å². The Labute approximate surface area is 137 Å². The van der Waals surface area contributed by atoms with Gasteiger partial charge in [-0.1, -0.05) is 18.2 Å². The van der Waals surface area contributed by atoms with Gasteiger partial charge in [0, 0.05) is 26.4 Å². The molecule has 1 aromatic rings.